The maximum Gasteiger partial charge on any atom is 0.336 e. The maximum atomic E-state index is 11.9. The van der Waals surface area contributed by atoms with E-state index in [0.29, 0.717) is 17.9 Å². The third kappa shape index (κ3) is 4.79. The SMILES string of the molecule is CCCCc1cc(=O)oc2cc(OCc3ccc(C(C)(C)C)cc3)ccc12. The van der Waals surface area contributed by atoms with Crippen LogP contribution in [0.15, 0.2) is 57.7 Å². The molecule has 1 heterocycles. The van der Waals surface area contributed by atoms with Crippen molar-refractivity contribution in [2.45, 2.75) is 59.0 Å². The van der Waals surface area contributed by atoms with Crippen molar-refractivity contribution in [2.24, 2.45) is 0 Å². The topological polar surface area (TPSA) is 39.4 Å². The summed E-state index contributed by atoms with van der Waals surface area (Å²) in [6.07, 6.45) is 3.04. The third-order valence-corrected chi connectivity index (χ3v) is 4.83. The molecule has 0 saturated heterocycles. The number of fused-ring (bicyclic) bond motifs is 1. The van der Waals surface area contributed by atoms with Crippen molar-refractivity contribution in [3.8, 4) is 5.75 Å². The van der Waals surface area contributed by atoms with Gasteiger partial charge in [0.05, 0.1) is 0 Å². The quantitative estimate of drug-likeness (QED) is 0.503. The zero-order chi connectivity index (χ0) is 19.4. The van der Waals surface area contributed by atoms with E-state index in [0.717, 1.165) is 35.8 Å². The molecule has 0 bridgehead atoms. The summed E-state index contributed by atoms with van der Waals surface area (Å²) in [6.45, 7) is 9.24. The molecule has 0 N–H and O–H groups in total. The van der Waals surface area contributed by atoms with Crippen molar-refractivity contribution in [1.82, 2.24) is 0 Å². The highest BCUT2D eigenvalue weighted by atomic mass is 16.5. The summed E-state index contributed by atoms with van der Waals surface area (Å²) in [5, 5.41) is 0.991. The maximum absolute atomic E-state index is 11.9. The van der Waals surface area contributed by atoms with Gasteiger partial charge in [-0.1, -0.05) is 58.4 Å². The van der Waals surface area contributed by atoms with Gasteiger partial charge in [-0.2, -0.15) is 0 Å². The summed E-state index contributed by atoms with van der Waals surface area (Å²) >= 11 is 0. The van der Waals surface area contributed by atoms with Gasteiger partial charge in [-0.15, -0.1) is 0 Å². The smallest absolute Gasteiger partial charge is 0.336 e. The number of hydrogen-bond acceptors (Lipinski definition) is 3. The Labute approximate surface area is 161 Å². The van der Waals surface area contributed by atoms with Crippen molar-refractivity contribution >= 4 is 11.0 Å². The standard InChI is InChI=1S/C24H28O3/c1-5-6-7-18-14-23(25)27-22-15-20(12-13-21(18)22)26-16-17-8-10-19(11-9-17)24(2,3)4/h8-15H,5-7,16H2,1-4H3. The number of ether oxygens (including phenoxy) is 1. The lowest BCUT2D eigenvalue weighted by molar-refractivity contribution is 0.306. The van der Waals surface area contributed by atoms with E-state index in [-0.39, 0.29) is 11.0 Å². The molecule has 0 unspecified atom stereocenters. The van der Waals surface area contributed by atoms with Crippen LogP contribution in [0, 0.1) is 0 Å². The van der Waals surface area contributed by atoms with Crippen molar-refractivity contribution in [3.63, 3.8) is 0 Å². The van der Waals surface area contributed by atoms with Gasteiger partial charge in [0.15, 0.2) is 0 Å². The second-order valence-corrected chi connectivity index (χ2v) is 8.09. The summed E-state index contributed by atoms with van der Waals surface area (Å²) in [5.74, 6) is 0.707. The lowest BCUT2D eigenvalue weighted by Gasteiger charge is -2.19. The Hall–Kier alpha value is -2.55. The molecule has 0 aliphatic heterocycles. The number of aryl methyl sites for hydroxylation is 1. The Kier molecular flexibility index (Phi) is 5.69. The molecule has 0 aliphatic rings. The Bertz CT molecular complexity index is 960. The van der Waals surface area contributed by atoms with Gasteiger partial charge in [0.1, 0.15) is 17.9 Å². The highest BCUT2D eigenvalue weighted by molar-refractivity contribution is 5.81. The van der Waals surface area contributed by atoms with Gasteiger partial charge < -0.3 is 9.15 Å². The van der Waals surface area contributed by atoms with E-state index >= 15 is 0 Å². The Morgan fingerprint density at radius 1 is 1.00 bits per heavy atom. The molecule has 3 aromatic rings. The summed E-state index contributed by atoms with van der Waals surface area (Å²) < 4.78 is 11.3. The number of unbranched alkanes of at least 4 members (excludes halogenated alkanes) is 1. The predicted octanol–water partition coefficient (Wildman–Crippen LogP) is 6.01. The van der Waals surface area contributed by atoms with Gasteiger partial charge in [0, 0.05) is 17.5 Å². The van der Waals surface area contributed by atoms with Gasteiger partial charge in [-0.25, -0.2) is 4.79 Å². The molecule has 0 amide bonds. The fraction of sp³-hybridized carbons (Fsp3) is 0.375. The molecule has 0 fully saturated rings. The highest BCUT2D eigenvalue weighted by Gasteiger charge is 2.13. The van der Waals surface area contributed by atoms with Gasteiger partial charge >= 0.3 is 5.63 Å². The van der Waals surface area contributed by atoms with Crippen LogP contribution in [0.5, 0.6) is 5.75 Å². The highest BCUT2D eigenvalue weighted by Crippen LogP contribution is 2.25. The summed E-state index contributed by atoms with van der Waals surface area (Å²) in [6, 6.07) is 15.9. The molecule has 0 aliphatic carbocycles. The zero-order valence-corrected chi connectivity index (χ0v) is 16.7. The first-order valence-electron chi connectivity index (χ1n) is 9.66. The minimum atomic E-state index is -0.302. The minimum absolute atomic E-state index is 0.144. The van der Waals surface area contributed by atoms with Gasteiger partial charge in [0.25, 0.3) is 0 Å². The molecule has 0 radical (unpaired) electrons. The molecule has 3 rings (SSSR count). The molecular weight excluding hydrogens is 336 g/mol. The van der Waals surface area contributed by atoms with Crippen molar-refractivity contribution < 1.29 is 9.15 Å². The Morgan fingerprint density at radius 3 is 2.41 bits per heavy atom. The zero-order valence-electron chi connectivity index (χ0n) is 16.7. The molecule has 0 saturated carbocycles. The van der Waals surface area contributed by atoms with E-state index in [1.54, 1.807) is 6.07 Å². The lowest BCUT2D eigenvalue weighted by Crippen LogP contribution is -2.10. The molecule has 3 heteroatoms. The molecule has 1 aromatic heterocycles. The van der Waals surface area contributed by atoms with E-state index < -0.39 is 0 Å². The second-order valence-electron chi connectivity index (χ2n) is 8.09. The van der Waals surface area contributed by atoms with Crippen LogP contribution < -0.4 is 10.4 Å². The summed E-state index contributed by atoms with van der Waals surface area (Å²) in [5.41, 5.74) is 3.90. The Balaban J connectivity index is 1.76. The summed E-state index contributed by atoms with van der Waals surface area (Å²) in [4.78, 5) is 11.9. The van der Waals surface area contributed by atoms with Crippen LogP contribution in [0.25, 0.3) is 11.0 Å². The fourth-order valence-corrected chi connectivity index (χ4v) is 3.14. The van der Waals surface area contributed by atoms with Crippen LogP contribution in [0.4, 0.5) is 0 Å². The van der Waals surface area contributed by atoms with E-state index in [1.807, 2.05) is 18.2 Å². The Morgan fingerprint density at radius 2 is 1.74 bits per heavy atom. The average molecular weight is 364 g/mol. The number of benzene rings is 2. The van der Waals surface area contributed by atoms with Gasteiger partial charge in [0.2, 0.25) is 0 Å². The molecule has 0 atom stereocenters. The van der Waals surface area contributed by atoms with Crippen LogP contribution >= 0.6 is 0 Å². The van der Waals surface area contributed by atoms with E-state index in [4.69, 9.17) is 9.15 Å². The van der Waals surface area contributed by atoms with Crippen LogP contribution in [-0.2, 0) is 18.4 Å². The van der Waals surface area contributed by atoms with Crippen molar-refractivity contribution in [3.05, 3.63) is 75.6 Å². The van der Waals surface area contributed by atoms with Crippen LogP contribution in [0.3, 0.4) is 0 Å². The van der Waals surface area contributed by atoms with Crippen LogP contribution in [-0.4, -0.2) is 0 Å². The first-order valence-corrected chi connectivity index (χ1v) is 9.66. The molecule has 142 valence electrons. The monoisotopic (exact) mass is 364 g/mol. The van der Waals surface area contributed by atoms with Gasteiger partial charge in [-0.05, 0) is 47.1 Å². The molecule has 2 aromatic carbocycles. The van der Waals surface area contributed by atoms with Crippen LogP contribution in [0.1, 0.15) is 57.2 Å². The number of rotatable bonds is 6. The predicted molar refractivity (Wildman–Crippen MR) is 111 cm³/mol. The average Bonchev–Trinajstić information content (AvgIpc) is 2.63. The first kappa shape index (κ1) is 19.2. The third-order valence-electron chi connectivity index (χ3n) is 4.83. The molecule has 27 heavy (non-hydrogen) atoms. The van der Waals surface area contributed by atoms with Gasteiger partial charge in [-0.3, -0.25) is 0 Å². The van der Waals surface area contributed by atoms with E-state index in [2.05, 4.69) is 52.0 Å². The van der Waals surface area contributed by atoms with Crippen molar-refractivity contribution in [2.75, 3.05) is 0 Å². The van der Waals surface area contributed by atoms with Crippen molar-refractivity contribution in [1.29, 1.82) is 0 Å². The normalized spacial score (nSPS) is 11.7. The van der Waals surface area contributed by atoms with E-state index in [9.17, 15) is 4.79 Å². The molecular formula is C24H28O3. The number of hydrogen-bond donors (Lipinski definition) is 0. The molecule has 3 nitrogen and oxygen atoms in total. The second kappa shape index (κ2) is 7.99. The summed E-state index contributed by atoms with van der Waals surface area (Å²) in [7, 11) is 0. The molecule has 0 spiro atoms. The lowest BCUT2D eigenvalue weighted by atomic mass is 9.87. The first-order chi connectivity index (χ1) is 12.9. The largest absolute Gasteiger partial charge is 0.489 e. The van der Waals surface area contributed by atoms with Crippen LogP contribution in [0.2, 0.25) is 0 Å². The minimum Gasteiger partial charge on any atom is -0.489 e. The van der Waals surface area contributed by atoms with E-state index in [1.165, 1.54) is 5.56 Å². The fourth-order valence-electron chi connectivity index (χ4n) is 3.14.